The van der Waals surface area contributed by atoms with Gasteiger partial charge in [-0.2, -0.15) is 0 Å². The van der Waals surface area contributed by atoms with E-state index < -0.39 is 6.04 Å². The lowest BCUT2D eigenvalue weighted by molar-refractivity contribution is -0.138. The van der Waals surface area contributed by atoms with Gasteiger partial charge in [0.05, 0.1) is 6.26 Å². The molecule has 5 nitrogen and oxygen atoms in total. The molecule has 2 atom stereocenters. The zero-order valence-corrected chi connectivity index (χ0v) is 15.8. The normalized spacial score (nSPS) is 22.4. The molecule has 0 saturated carbocycles. The molecule has 2 aliphatic rings. The van der Waals surface area contributed by atoms with E-state index in [0.29, 0.717) is 18.9 Å². The van der Waals surface area contributed by atoms with Crippen molar-refractivity contribution in [3.63, 3.8) is 0 Å². The van der Waals surface area contributed by atoms with Crippen LogP contribution < -0.4 is 0 Å². The molecule has 0 spiro atoms. The van der Waals surface area contributed by atoms with Crippen LogP contribution in [0.4, 0.5) is 0 Å². The summed E-state index contributed by atoms with van der Waals surface area (Å²) in [6, 6.07) is 11.0. The van der Waals surface area contributed by atoms with Crippen molar-refractivity contribution < 1.29 is 14.0 Å². The summed E-state index contributed by atoms with van der Waals surface area (Å²) in [5.74, 6) is 0.713. The molecule has 2 aromatic rings. The van der Waals surface area contributed by atoms with Gasteiger partial charge in [0.15, 0.2) is 5.76 Å². The van der Waals surface area contributed by atoms with E-state index in [9.17, 15) is 9.59 Å². The number of hydrogen-bond acceptors (Lipinski definition) is 3. The van der Waals surface area contributed by atoms with Crippen molar-refractivity contribution in [3.05, 3.63) is 59.5 Å². The predicted molar refractivity (Wildman–Crippen MR) is 102 cm³/mol. The largest absolute Gasteiger partial charge is 0.459 e. The molecule has 27 heavy (non-hydrogen) atoms. The third-order valence-electron chi connectivity index (χ3n) is 5.93. The highest BCUT2D eigenvalue weighted by atomic mass is 16.3. The summed E-state index contributed by atoms with van der Waals surface area (Å²) >= 11 is 0. The first-order valence-electron chi connectivity index (χ1n) is 9.87. The molecule has 0 aliphatic carbocycles. The molecule has 5 heteroatoms. The minimum absolute atomic E-state index is 0.0718. The summed E-state index contributed by atoms with van der Waals surface area (Å²) in [4.78, 5) is 30.1. The van der Waals surface area contributed by atoms with Crippen LogP contribution in [-0.2, 0) is 17.8 Å². The van der Waals surface area contributed by atoms with Crippen LogP contribution in [0.25, 0.3) is 0 Å². The van der Waals surface area contributed by atoms with Gasteiger partial charge in [0.1, 0.15) is 6.04 Å². The number of piperidine rings is 1. The van der Waals surface area contributed by atoms with E-state index in [1.807, 2.05) is 23.1 Å². The highest BCUT2D eigenvalue weighted by Gasteiger charge is 2.38. The number of nitrogens with zero attached hydrogens (tertiary/aromatic N) is 2. The number of amides is 2. The van der Waals surface area contributed by atoms with Gasteiger partial charge in [-0.3, -0.25) is 9.59 Å². The average Bonchev–Trinajstić information content (AvgIpc) is 3.26. The lowest BCUT2D eigenvalue weighted by atomic mass is 9.91. The Labute approximate surface area is 159 Å². The van der Waals surface area contributed by atoms with E-state index in [1.165, 1.54) is 12.7 Å². The summed E-state index contributed by atoms with van der Waals surface area (Å²) in [5, 5.41) is 0. The van der Waals surface area contributed by atoms with Crippen LogP contribution >= 0.6 is 0 Å². The van der Waals surface area contributed by atoms with Gasteiger partial charge in [-0.1, -0.05) is 37.6 Å². The van der Waals surface area contributed by atoms with Gasteiger partial charge in [-0.05, 0) is 42.0 Å². The molecule has 3 heterocycles. The third-order valence-corrected chi connectivity index (χ3v) is 5.93. The topological polar surface area (TPSA) is 53.8 Å². The molecule has 142 valence electrons. The molecule has 1 saturated heterocycles. The molecule has 2 unspecified atom stereocenters. The van der Waals surface area contributed by atoms with E-state index >= 15 is 0 Å². The van der Waals surface area contributed by atoms with E-state index in [2.05, 4.69) is 13.0 Å². The second-order valence-corrected chi connectivity index (χ2v) is 7.60. The Morgan fingerprint density at radius 1 is 1.15 bits per heavy atom. The maximum atomic E-state index is 13.4. The molecule has 2 amide bonds. The molecular formula is C22H26N2O3. The second-order valence-electron chi connectivity index (χ2n) is 7.60. The minimum atomic E-state index is -0.465. The van der Waals surface area contributed by atoms with Gasteiger partial charge < -0.3 is 14.2 Å². The lowest BCUT2D eigenvalue weighted by Gasteiger charge is -2.40. The number of benzene rings is 1. The van der Waals surface area contributed by atoms with Crippen LogP contribution in [0, 0.1) is 5.92 Å². The van der Waals surface area contributed by atoms with Crippen molar-refractivity contribution in [2.75, 3.05) is 13.1 Å². The molecular weight excluding hydrogens is 340 g/mol. The van der Waals surface area contributed by atoms with Crippen LogP contribution in [-0.4, -0.2) is 40.7 Å². The SMILES string of the molecule is CCC1CCCN(C(=O)C2Cc3ccccc3CN2C(=O)c2ccco2)C1. The van der Waals surface area contributed by atoms with Gasteiger partial charge >= 0.3 is 0 Å². The van der Waals surface area contributed by atoms with Crippen LogP contribution in [0.5, 0.6) is 0 Å². The Morgan fingerprint density at radius 3 is 2.70 bits per heavy atom. The smallest absolute Gasteiger partial charge is 0.290 e. The van der Waals surface area contributed by atoms with Gasteiger partial charge in [0.2, 0.25) is 5.91 Å². The first kappa shape index (κ1) is 17.8. The Hall–Kier alpha value is -2.56. The molecule has 0 bridgehead atoms. The molecule has 1 aromatic heterocycles. The van der Waals surface area contributed by atoms with Crippen LogP contribution in [0.1, 0.15) is 47.9 Å². The molecule has 1 aromatic carbocycles. The minimum Gasteiger partial charge on any atom is -0.459 e. The highest BCUT2D eigenvalue weighted by molar-refractivity contribution is 5.96. The zero-order chi connectivity index (χ0) is 18.8. The molecule has 2 aliphatic heterocycles. The Bertz CT molecular complexity index is 815. The van der Waals surface area contributed by atoms with E-state index in [0.717, 1.165) is 37.1 Å². The van der Waals surface area contributed by atoms with Crippen LogP contribution in [0.2, 0.25) is 0 Å². The number of hydrogen-bond donors (Lipinski definition) is 0. The van der Waals surface area contributed by atoms with Gasteiger partial charge in [0.25, 0.3) is 5.91 Å². The number of rotatable bonds is 3. The number of furan rings is 1. The molecule has 1 fully saturated rings. The maximum absolute atomic E-state index is 13.4. The number of likely N-dealkylation sites (tertiary alicyclic amines) is 1. The van der Waals surface area contributed by atoms with Crippen LogP contribution in [0.3, 0.4) is 0 Å². The fourth-order valence-corrected chi connectivity index (χ4v) is 4.31. The maximum Gasteiger partial charge on any atom is 0.290 e. The Morgan fingerprint density at radius 2 is 1.96 bits per heavy atom. The highest BCUT2D eigenvalue weighted by Crippen LogP contribution is 2.28. The lowest BCUT2D eigenvalue weighted by Crippen LogP contribution is -2.55. The zero-order valence-electron chi connectivity index (χ0n) is 15.8. The summed E-state index contributed by atoms with van der Waals surface area (Å²) in [7, 11) is 0. The molecule has 4 rings (SSSR count). The van der Waals surface area contributed by atoms with Crippen molar-refractivity contribution in [2.24, 2.45) is 5.92 Å². The van der Waals surface area contributed by atoms with Gasteiger partial charge in [-0.25, -0.2) is 0 Å². The summed E-state index contributed by atoms with van der Waals surface area (Å²) < 4.78 is 5.33. The average molecular weight is 366 g/mol. The molecule has 0 radical (unpaired) electrons. The first-order chi connectivity index (χ1) is 13.2. The summed E-state index contributed by atoms with van der Waals surface area (Å²) in [5.41, 5.74) is 2.26. The number of fused-ring (bicyclic) bond motifs is 1. The molecule has 0 N–H and O–H groups in total. The predicted octanol–water partition coefficient (Wildman–Crippen LogP) is 3.50. The first-order valence-corrected chi connectivity index (χ1v) is 9.87. The van der Waals surface area contributed by atoms with E-state index in [-0.39, 0.29) is 17.6 Å². The van der Waals surface area contributed by atoms with E-state index in [1.54, 1.807) is 17.0 Å². The Balaban J connectivity index is 1.63. The van der Waals surface area contributed by atoms with Crippen molar-refractivity contribution >= 4 is 11.8 Å². The van der Waals surface area contributed by atoms with Gasteiger partial charge in [0, 0.05) is 26.1 Å². The third kappa shape index (κ3) is 3.51. The summed E-state index contributed by atoms with van der Waals surface area (Å²) in [6.45, 7) is 4.21. The van der Waals surface area contributed by atoms with Gasteiger partial charge in [-0.15, -0.1) is 0 Å². The quantitative estimate of drug-likeness (QED) is 0.835. The fourth-order valence-electron chi connectivity index (χ4n) is 4.31. The van der Waals surface area contributed by atoms with Crippen LogP contribution in [0.15, 0.2) is 47.1 Å². The Kier molecular flexibility index (Phi) is 5.01. The fraction of sp³-hybridized carbons (Fsp3) is 0.455. The second kappa shape index (κ2) is 7.59. The van der Waals surface area contributed by atoms with Crippen molar-refractivity contribution in [1.82, 2.24) is 9.80 Å². The number of carbonyl (C=O) groups excluding carboxylic acids is 2. The number of carbonyl (C=O) groups is 2. The standard InChI is InChI=1S/C22H26N2O3/c1-2-16-7-5-11-23(14-16)21(25)19-13-17-8-3-4-9-18(17)15-24(19)22(26)20-10-6-12-27-20/h3-4,6,8-10,12,16,19H,2,5,7,11,13-15H2,1H3. The summed E-state index contributed by atoms with van der Waals surface area (Å²) in [6.07, 6.45) is 5.38. The van der Waals surface area contributed by atoms with Crippen molar-refractivity contribution in [2.45, 2.75) is 45.2 Å². The van der Waals surface area contributed by atoms with E-state index in [4.69, 9.17) is 4.42 Å². The van der Waals surface area contributed by atoms with Crippen molar-refractivity contribution in [3.8, 4) is 0 Å². The monoisotopic (exact) mass is 366 g/mol. The van der Waals surface area contributed by atoms with Crippen molar-refractivity contribution in [1.29, 1.82) is 0 Å².